The molecule has 5 rings (SSSR count). The molecule has 0 saturated heterocycles. The molecule has 0 bridgehead atoms. The lowest BCUT2D eigenvalue weighted by molar-refractivity contribution is 0.103. The van der Waals surface area contributed by atoms with Crippen LogP contribution >= 0.6 is 0 Å². The van der Waals surface area contributed by atoms with Gasteiger partial charge in [0.15, 0.2) is 17.3 Å². The topological polar surface area (TPSA) is 80.5 Å². The zero-order valence-corrected chi connectivity index (χ0v) is 18.2. The number of nitrogens with zero attached hydrogens (tertiary/aromatic N) is 2. The maximum atomic E-state index is 13.1. The minimum Gasteiger partial charge on any atom is -0.506 e. The third-order valence-corrected chi connectivity index (χ3v) is 6.05. The Balaban J connectivity index is 1.63. The molecule has 3 aromatic carbocycles. The number of rotatable bonds is 5. The van der Waals surface area contributed by atoms with Gasteiger partial charge >= 0.3 is 0 Å². The highest BCUT2D eigenvalue weighted by Crippen LogP contribution is 2.47. The van der Waals surface area contributed by atoms with Crippen LogP contribution in [-0.4, -0.2) is 25.1 Å². The minimum absolute atomic E-state index is 0.0648. The van der Waals surface area contributed by atoms with Gasteiger partial charge in [-0.25, -0.2) is 0 Å². The van der Waals surface area contributed by atoms with Crippen LogP contribution in [0.15, 0.2) is 100 Å². The summed E-state index contributed by atoms with van der Waals surface area (Å²) in [5, 5.41) is 19.9. The van der Waals surface area contributed by atoms with E-state index in [2.05, 4.69) is 10.2 Å². The van der Waals surface area contributed by atoms with Crippen molar-refractivity contribution in [2.45, 2.75) is 12.0 Å². The van der Waals surface area contributed by atoms with Crippen LogP contribution < -0.4 is 9.47 Å². The number of hydrogen-bond acceptors (Lipinski definition) is 6. The van der Waals surface area contributed by atoms with E-state index in [1.165, 1.54) is 0 Å². The average Bonchev–Trinajstić information content (AvgIpc) is 3.13. The van der Waals surface area contributed by atoms with Gasteiger partial charge in [-0.3, -0.25) is 4.79 Å². The summed E-state index contributed by atoms with van der Waals surface area (Å²) in [6.45, 7) is 0. The number of Topliss-reactive ketones (excluding diaryl/α,β-unsaturated/α-hetero) is 1. The summed E-state index contributed by atoms with van der Waals surface area (Å²) in [5.74, 6) is 0.640. The van der Waals surface area contributed by atoms with E-state index in [9.17, 15) is 9.90 Å². The predicted octanol–water partition coefficient (Wildman–Crippen LogP) is 6.04. The monoisotopic (exact) mass is 438 g/mol. The van der Waals surface area contributed by atoms with Crippen LogP contribution in [-0.2, 0) is 0 Å². The van der Waals surface area contributed by atoms with Crippen LogP contribution in [0.2, 0.25) is 0 Å². The SMILES string of the molecule is COc1cccc([C@@H]2N=NC(C3=C(O)c4ccccc4C3=O)=C[C@H]2c2ccccc2)c1OC. The summed E-state index contributed by atoms with van der Waals surface area (Å²) in [6.07, 6.45) is 1.90. The molecule has 1 aliphatic carbocycles. The average molecular weight is 438 g/mol. The van der Waals surface area contributed by atoms with Crippen LogP contribution in [0.5, 0.6) is 11.5 Å². The van der Waals surface area contributed by atoms with Crippen LogP contribution in [0.4, 0.5) is 0 Å². The van der Waals surface area contributed by atoms with Gasteiger partial charge in [0.05, 0.1) is 25.5 Å². The largest absolute Gasteiger partial charge is 0.506 e. The van der Waals surface area contributed by atoms with E-state index in [1.54, 1.807) is 38.5 Å². The van der Waals surface area contributed by atoms with Crippen molar-refractivity contribution >= 4 is 11.5 Å². The molecule has 6 nitrogen and oxygen atoms in total. The molecule has 2 aliphatic rings. The lowest BCUT2D eigenvalue weighted by Gasteiger charge is -2.27. The molecule has 1 N–H and O–H groups in total. The Morgan fingerprint density at radius 1 is 0.848 bits per heavy atom. The lowest BCUT2D eigenvalue weighted by Crippen LogP contribution is -2.14. The Kier molecular flexibility index (Phi) is 5.26. The predicted molar refractivity (Wildman–Crippen MR) is 125 cm³/mol. The molecule has 0 fully saturated rings. The second-order valence-electron chi connectivity index (χ2n) is 7.83. The van der Waals surface area contributed by atoms with Gasteiger partial charge in [-0.05, 0) is 17.7 Å². The zero-order valence-electron chi connectivity index (χ0n) is 18.2. The van der Waals surface area contributed by atoms with Gasteiger partial charge in [0.1, 0.15) is 11.8 Å². The number of aliphatic hydroxyl groups is 1. The van der Waals surface area contributed by atoms with Crippen molar-refractivity contribution < 1.29 is 19.4 Å². The van der Waals surface area contributed by atoms with Gasteiger partial charge in [0, 0.05) is 22.6 Å². The number of para-hydroxylation sites is 1. The number of methoxy groups -OCH3 is 2. The highest BCUT2D eigenvalue weighted by Gasteiger charge is 2.36. The standard InChI is InChI=1S/C27H22N2O4/c1-32-22-14-8-13-19(27(22)33-2)24-20(16-9-4-3-5-10-16)15-21(28-29-24)23-25(30)17-11-6-7-12-18(17)26(23)31/h3-15,20,24,30H,1-2H3/t20-,24-/m0/s1. The molecule has 0 unspecified atom stereocenters. The van der Waals surface area contributed by atoms with Crippen molar-refractivity contribution in [2.75, 3.05) is 14.2 Å². The molecular formula is C27H22N2O4. The van der Waals surface area contributed by atoms with E-state index >= 15 is 0 Å². The maximum Gasteiger partial charge on any atom is 0.199 e. The molecule has 2 atom stereocenters. The van der Waals surface area contributed by atoms with Gasteiger partial charge in [0.2, 0.25) is 0 Å². The number of carbonyl (C=O) groups is 1. The van der Waals surface area contributed by atoms with Gasteiger partial charge in [-0.15, -0.1) is 0 Å². The van der Waals surface area contributed by atoms with Crippen molar-refractivity contribution in [3.05, 3.63) is 112 Å². The number of ether oxygens (including phenoxy) is 2. The maximum absolute atomic E-state index is 13.1. The van der Waals surface area contributed by atoms with Crippen LogP contribution in [0.1, 0.15) is 39.0 Å². The number of allylic oxidation sites excluding steroid dienone is 1. The smallest absolute Gasteiger partial charge is 0.199 e. The molecule has 33 heavy (non-hydrogen) atoms. The van der Waals surface area contributed by atoms with Crippen LogP contribution in [0, 0.1) is 0 Å². The van der Waals surface area contributed by atoms with Crippen molar-refractivity contribution in [1.29, 1.82) is 0 Å². The number of aliphatic hydroxyl groups excluding tert-OH is 1. The first-order valence-electron chi connectivity index (χ1n) is 10.6. The molecular weight excluding hydrogens is 416 g/mol. The molecule has 0 saturated carbocycles. The summed E-state index contributed by atoms with van der Waals surface area (Å²) < 4.78 is 11.1. The number of carbonyl (C=O) groups excluding carboxylic acids is 1. The Morgan fingerprint density at radius 2 is 1.58 bits per heavy atom. The molecule has 0 aromatic heterocycles. The number of fused-ring (bicyclic) bond motifs is 1. The second kappa shape index (κ2) is 8.39. The fourth-order valence-corrected chi connectivity index (χ4v) is 4.48. The van der Waals surface area contributed by atoms with Gasteiger partial charge in [0.25, 0.3) is 0 Å². The Labute approximate surface area is 191 Å². The Hall–Kier alpha value is -4.19. The van der Waals surface area contributed by atoms with Crippen LogP contribution in [0.25, 0.3) is 5.76 Å². The van der Waals surface area contributed by atoms with E-state index in [-0.39, 0.29) is 23.0 Å². The van der Waals surface area contributed by atoms with Crippen molar-refractivity contribution in [3.63, 3.8) is 0 Å². The van der Waals surface area contributed by atoms with Gasteiger partial charge in [-0.2, -0.15) is 10.2 Å². The number of ketones is 1. The van der Waals surface area contributed by atoms with E-state index in [0.29, 0.717) is 28.3 Å². The molecule has 0 amide bonds. The van der Waals surface area contributed by atoms with Crippen molar-refractivity contribution in [1.82, 2.24) is 0 Å². The van der Waals surface area contributed by atoms with Gasteiger partial charge in [-0.1, -0.05) is 66.7 Å². The van der Waals surface area contributed by atoms with E-state index in [1.807, 2.05) is 54.6 Å². The fraction of sp³-hybridized carbons (Fsp3) is 0.148. The first-order chi connectivity index (χ1) is 16.1. The normalized spacial score (nSPS) is 19.3. The highest BCUT2D eigenvalue weighted by atomic mass is 16.5. The number of hydrogen-bond donors (Lipinski definition) is 1. The molecule has 1 heterocycles. The number of benzene rings is 3. The third kappa shape index (κ3) is 3.40. The van der Waals surface area contributed by atoms with Crippen molar-refractivity contribution in [2.24, 2.45) is 10.2 Å². The summed E-state index contributed by atoms with van der Waals surface area (Å²) in [4.78, 5) is 13.1. The quantitative estimate of drug-likeness (QED) is 0.526. The Morgan fingerprint density at radius 3 is 2.27 bits per heavy atom. The van der Waals surface area contributed by atoms with Crippen molar-refractivity contribution in [3.8, 4) is 11.5 Å². The number of azo groups is 1. The van der Waals surface area contributed by atoms with E-state index in [0.717, 1.165) is 11.1 Å². The first kappa shape index (κ1) is 20.7. The molecule has 1 aliphatic heterocycles. The van der Waals surface area contributed by atoms with E-state index < -0.39 is 6.04 Å². The van der Waals surface area contributed by atoms with Gasteiger partial charge < -0.3 is 14.6 Å². The lowest BCUT2D eigenvalue weighted by atomic mass is 9.84. The third-order valence-electron chi connectivity index (χ3n) is 6.05. The van der Waals surface area contributed by atoms with Crippen LogP contribution in [0.3, 0.4) is 0 Å². The summed E-state index contributed by atoms with van der Waals surface area (Å²) >= 11 is 0. The fourth-order valence-electron chi connectivity index (χ4n) is 4.48. The summed E-state index contributed by atoms with van der Waals surface area (Å²) in [5.41, 5.74) is 3.35. The molecule has 6 heteroatoms. The Bertz CT molecular complexity index is 1320. The van der Waals surface area contributed by atoms with E-state index in [4.69, 9.17) is 9.47 Å². The molecule has 0 spiro atoms. The summed E-state index contributed by atoms with van der Waals surface area (Å²) in [7, 11) is 3.19. The molecule has 3 aromatic rings. The zero-order chi connectivity index (χ0) is 22.9. The minimum atomic E-state index is -0.400. The molecule has 0 radical (unpaired) electrons. The molecule has 164 valence electrons. The second-order valence-corrected chi connectivity index (χ2v) is 7.83. The highest BCUT2D eigenvalue weighted by molar-refractivity contribution is 6.22. The summed E-state index contributed by atoms with van der Waals surface area (Å²) in [6, 6.07) is 22.2. The first-order valence-corrected chi connectivity index (χ1v) is 10.6.